The highest BCUT2D eigenvalue weighted by Gasteiger charge is 2.23. The fourth-order valence-corrected chi connectivity index (χ4v) is 3.51. The summed E-state index contributed by atoms with van der Waals surface area (Å²) in [7, 11) is -2.36. The fraction of sp³-hybridized carbons (Fsp3) is 0.133. The van der Waals surface area contributed by atoms with Gasteiger partial charge in [0.1, 0.15) is 0 Å². The van der Waals surface area contributed by atoms with Crippen LogP contribution in [-0.4, -0.2) is 24.7 Å². The summed E-state index contributed by atoms with van der Waals surface area (Å²) in [4.78, 5) is 0.168. The number of benzene rings is 2. The lowest BCUT2D eigenvalue weighted by Gasteiger charge is -2.06. The molecule has 0 aliphatic heterocycles. The molecule has 0 radical (unpaired) electrons. The van der Waals surface area contributed by atoms with E-state index in [0.717, 1.165) is 9.65 Å². The first-order valence-electron chi connectivity index (χ1n) is 6.58. The van der Waals surface area contributed by atoms with Gasteiger partial charge in [-0.2, -0.15) is 8.42 Å². The van der Waals surface area contributed by atoms with Crippen molar-refractivity contribution < 1.29 is 13.2 Å². The maximum Gasteiger partial charge on any atom is 0.283 e. The number of anilines is 1. The van der Waals surface area contributed by atoms with Gasteiger partial charge in [0.25, 0.3) is 10.0 Å². The van der Waals surface area contributed by atoms with E-state index in [9.17, 15) is 8.42 Å². The number of ether oxygens (including phenoxy) is 1. The molecule has 22 heavy (non-hydrogen) atoms. The number of aromatic nitrogens is 2. The fourth-order valence-electron chi connectivity index (χ4n) is 2.23. The molecule has 0 fully saturated rings. The molecule has 0 spiro atoms. The Balaban J connectivity index is 2.27. The molecule has 114 valence electrons. The maximum atomic E-state index is 12.8. The number of methoxy groups -OCH3 is 1. The van der Waals surface area contributed by atoms with Gasteiger partial charge >= 0.3 is 0 Å². The minimum Gasteiger partial charge on any atom is -0.479 e. The van der Waals surface area contributed by atoms with E-state index in [-0.39, 0.29) is 10.8 Å². The molecule has 6 nitrogen and oxygen atoms in total. The first-order chi connectivity index (χ1) is 10.4. The highest BCUT2D eigenvalue weighted by atomic mass is 32.2. The molecule has 0 saturated carbocycles. The Morgan fingerprint density at radius 3 is 2.45 bits per heavy atom. The summed E-state index contributed by atoms with van der Waals surface area (Å²) in [6.45, 7) is 1.89. The summed E-state index contributed by atoms with van der Waals surface area (Å²) in [5, 5.41) is 4.62. The van der Waals surface area contributed by atoms with E-state index in [4.69, 9.17) is 10.5 Å². The van der Waals surface area contributed by atoms with Crippen LogP contribution in [0.1, 0.15) is 5.56 Å². The van der Waals surface area contributed by atoms with E-state index < -0.39 is 10.0 Å². The lowest BCUT2D eigenvalue weighted by Crippen LogP contribution is -2.14. The average Bonchev–Trinajstić information content (AvgIpc) is 2.86. The second-order valence-electron chi connectivity index (χ2n) is 4.95. The summed E-state index contributed by atoms with van der Waals surface area (Å²) in [6.07, 6.45) is 0. The van der Waals surface area contributed by atoms with Crippen molar-refractivity contribution in [1.29, 1.82) is 0 Å². The van der Waals surface area contributed by atoms with E-state index in [0.29, 0.717) is 16.6 Å². The molecular weight excluding hydrogens is 302 g/mol. The maximum absolute atomic E-state index is 12.8. The zero-order valence-corrected chi connectivity index (χ0v) is 13.0. The van der Waals surface area contributed by atoms with Crippen molar-refractivity contribution in [3.8, 4) is 5.88 Å². The molecule has 3 aromatic rings. The smallest absolute Gasteiger partial charge is 0.283 e. The van der Waals surface area contributed by atoms with Crippen molar-refractivity contribution in [3.63, 3.8) is 0 Å². The first-order valence-corrected chi connectivity index (χ1v) is 8.02. The molecule has 1 heterocycles. The van der Waals surface area contributed by atoms with Gasteiger partial charge in [-0.05, 0) is 37.3 Å². The molecule has 2 N–H and O–H groups in total. The minimum absolute atomic E-state index is 0.168. The highest BCUT2D eigenvalue weighted by Crippen LogP contribution is 2.29. The van der Waals surface area contributed by atoms with Gasteiger partial charge in [-0.25, -0.2) is 0 Å². The number of nitrogens with zero attached hydrogens (tertiary/aromatic N) is 2. The summed E-state index contributed by atoms with van der Waals surface area (Å²) >= 11 is 0. The highest BCUT2D eigenvalue weighted by molar-refractivity contribution is 7.90. The molecule has 0 aliphatic carbocycles. The van der Waals surface area contributed by atoms with Crippen molar-refractivity contribution in [1.82, 2.24) is 9.19 Å². The Morgan fingerprint density at radius 1 is 1.14 bits per heavy atom. The molecule has 0 unspecified atom stereocenters. The second kappa shape index (κ2) is 5.03. The third kappa shape index (κ3) is 2.19. The van der Waals surface area contributed by atoms with Gasteiger partial charge in [-0.3, -0.25) is 0 Å². The van der Waals surface area contributed by atoms with Gasteiger partial charge in [0, 0.05) is 5.69 Å². The zero-order valence-electron chi connectivity index (χ0n) is 12.1. The lowest BCUT2D eigenvalue weighted by atomic mass is 10.2. The Labute approximate surface area is 128 Å². The molecule has 0 amide bonds. The molecule has 1 aromatic heterocycles. The van der Waals surface area contributed by atoms with Crippen LogP contribution in [0.2, 0.25) is 0 Å². The summed E-state index contributed by atoms with van der Waals surface area (Å²) < 4.78 is 31.7. The summed E-state index contributed by atoms with van der Waals surface area (Å²) in [5.41, 5.74) is 7.67. The SMILES string of the molecule is COc1nn(S(=O)(=O)c2ccc(C)cc2)c2ccc(N)cc12. The van der Waals surface area contributed by atoms with Gasteiger partial charge in [-0.15, -0.1) is 9.19 Å². The number of rotatable bonds is 3. The van der Waals surface area contributed by atoms with Crippen LogP contribution in [0.3, 0.4) is 0 Å². The van der Waals surface area contributed by atoms with Crippen molar-refractivity contribution in [2.24, 2.45) is 0 Å². The Hall–Kier alpha value is -2.54. The summed E-state index contributed by atoms with van der Waals surface area (Å²) in [6, 6.07) is 11.5. The Bertz CT molecular complexity index is 944. The van der Waals surface area contributed by atoms with E-state index in [2.05, 4.69) is 5.10 Å². The topological polar surface area (TPSA) is 87.2 Å². The zero-order chi connectivity index (χ0) is 15.9. The van der Waals surface area contributed by atoms with E-state index >= 15 is 0 Å². The van der Waals surface area contributed by atoms with Gasteiger partial charge in [-0.1, -0.05) is 17.7 Å². The van der Waals surface area contributed by atoms with Crippen molar-refractivity contribution in [2.75, 3.05) is 12.8 Å². The van der Waals surface area contributed by atoms with Gasteiger partial charge < -0.3 is 10.5 Å². The van der Waals surface area contributed by atoms with Crippen LogP contribution in [0.5, 0.6) is 5.88 Å². The third-order valence-corrected chi connectivity index (χ3v) is 4.98. The number of nitrogen functional groups attached to an aromatic ring is 1. The van der Waals surface area contributed by atoms with Crippen LogP contribution in [-0.2, 0) is 10.0 Å². The standard InChI is InChI=1S/C15H15N3O3S/c1-10-3-6-12(7-4-10)22(19,20)18-14-8-5-11(16)9-13(14)15(17-18)21-2/h3-9H,16H2,1-2H3. The number of fused-ring (bicyclic) bond motifs is 1. The number of hydrogen-bond acceptors (Lipinski definition) is 5. The van der Waals surface area contributed by atoms with Crippen LogP contribution in [0.25, 0.3) is 10.9 Å². The van der Waals surface area contributed by atoms with Crippen molar-refractivity contribution >= 4 is 26.6 Å². The molecule has 0 bridgehead atoms. The van der Waals surface area contributed by atoms with Crippen LogP contribution < -0.4 is 10.5 Å². The quantitative estimate of drug-likeness (QED) is 0.748. The second-order valence-corrected chi connectivity index (χ2v) is 6.71. The number of nitrogens with two attached hydrogens (primary N) is 1. The Morgan fingerprint density at radius 2 is 1.82 bits per heavy atom. The first kappa shape index (κ1) is 14.4. The van der Waals surface area contributed by atoms with Gasteiger partial charge in [0.15, 0.2) is 0 Å². The van der Waals surface area contributed by atoms with Gasteiger partial charge in [0.2, 0.25) is 5.88 Å². The normalized spacial score (nSPS) is 11.7. The van der Waals surface area contributed by atoms with Gasteiger partial charge in [0.05, 0.1) is 22.9 Å². The summed E-state index contributed by atoms with van der Waals surface area (Å²) in [5.74, 6) is 0.220. The van der Waals surface area contributed by atoms with E-state index in [1.54, 1.807) is 42.5 Å². The predicted molar refractivity (Wildman–Crippen MR) is 84.5 cm³/mol. The minimum atomic E-state index is -3.80. The monoisotopic (exact) mass is 317 g/mol. The molecule has 7 heteroatoms. The van der Waals surface area contributed by atoms with E-state index in [1.807, 2.05) is 6.92 Å². The van der Waals surface area contributed by atoms with Crippen LogP contribution in [0, 0.1) is 6.92 Å². The Kier molecular flexibility index (Phi) is 3.29. The van der Waals surface area contributed by atoms with Crippen LogP contribution in [0.15, 0.2) is 47.4 Å². The molecular formula is C15H15N3O3S. The largest absolute Gasteiger partial charge is 0.479 e. The molecule has 3 rings (SSSR count). The van der Waals surface area contributed by atoms with Crippen molar-refractivity contribution in [3.05, 3.63) is 48.0 Å². The lowest BCUT2D eigenvalue weighted by molar-refractivity contribution is 0.399. The molecule has 0 saturated heterocycles. The number of hydrogen-bond donors (Lipinski definition) is 1. The molecule has 0 atom stereocenters. The van der Waals surface area contributed by atoms with Crippen LogP contribution in [0.4, 0.5) is 5.69 Å². The predicted octanol–water partition coefficient (Wildman–Crippen LogP) is 2.17. The average molecular weight is 317 g/mol. The molecule has 2 aromatic carbocycles. The van der Waals surface area contributed by atoms with Crippen LogP contribution >= 0.6 is 0 Å². The van der Waals surface area contributed by atoms with Crippen molar-refractivity contribution in [2.45, 2.75) is 11.8 Å². The number of aryl methyl sites for hydroxylation is 1. The third-order valence-electron chi connectivity index (χ3n) is 3.38. The van der Waals surface area contributed by atoms with E-state index in [1.165, 1.54) is 7.11 Å². The molecule has 0 aliphatic rings.